The van der Waals surface area contributed by atoms with E-state index < -0.39 is 5.41 Å². The normalized spacial score (nSPS) is 13.7. The molecule has 0 saturated carbocycles. The summed E-state index contributed by atoms with van der Waals surface area (Å²) < 4.78 is 16.9. The van der Waals surface area contributed by atoms with E-state index in [-0.39, 0.29) is 16.8 Å². The second-order valence-electron chi connectivity index (χ2n) is 12.0. The van der Waals surface area contributed by atoms with E-state index in [0.29, 0.717) is 13.2 Å². The molecule has 0 aromatic heterocycles. The van der Waals surface area contributed by atoms with Gasteiger partial charge in [0.25, 0.3) is 0 Å². The number of ether oxygens (including phenoxy) is 3. The third kappa shape index (κ3) is 8.91. The average Bonchev–Trinajstić information content (AvgIpc) is 2.79. The van der Waals surface area contributed by atoms with Gasteiger partial charge in [-0.2, -0.15) is 0 Å². The molecule has 35 heavy (non-hydrogen) atoms. The smallest absolute Gasteiger partial charge is 0.312 e. The summed E-state index contributed by atoms with van der Waals surface area (Å²) >= 11 is 0. The zero-order chi connectivity index (χ0) is 26.1. The van der Waals surface area contributed by atoms with Crippen LogP contribution in [0.1, 0.15) is 80.6 Å². The standard InChI is InChI=1S/C31H46O4/c1-29(2,3)23-31(7,30(4,5)6)28(32)35-22-12-10-9-11-21-34-27-19-15-25(16-20-27)24-13-17-26(33-8)18-14-24/h13-20H,9-12,21-23H2,1-8H3. The molecule has 0 aliphatic carbocycles. The molecule has 0 bridgehead atoms. The fraction of sp³-hybridized carbons (Fsp3) is 0.581. The molecule has 0 radical (unpaired) electrons. The highest BCUT2D eigenvalue weighted by Crippen LogP contribution is 2.47. The molecule has 194 valence electrons. The van der Waals surface area contributed by atoms with Crippen LogP contribution in [-0.4, -0.2) is 26.3 Å². The minimum atomic E-state index is -0.498. The molecule has 0 aliphatic heterocycles. The number of methoxy groups -OCH3 is 1. The number of hydrogen-bond acceptors (Lipinski definition) is 4. The maximum Gasteiger partial charge on any atom is 0.312 e. The van der Waals surface area contributed by atoms with Gasteiger partial charge in [-0.1, -0.05) is 65.8 Å². The Morgan fingerprint density at radius 2 is 1.17 bits per heavy atom. The fourth-order valence-electron chi connectivity index (χ4n) is 4.30. The van der Waals surface area contributed by atoms with Gasteiger partial charge in [-0.05, 0) is 85.3 Å². The van der Waals surface area contributed by atoms with Crippen LogP contribution in [0, 0.1) is 16.2 Å². The van der Waals surface area contributed by atoms with Gasteiger partial charge in [0.1, 0.15) is 11.5 Å². The van der Waals surface area contributed by atoms with Gasteiger partial charge in [0.2, 0.25) is 0 Å². The second kappa shape index (κ2) is 12.5. The first-order valence-electron chi connectivity index (χ1n) is 12.9. The number of hydrogen-bond donors (Lipinski definition) is 0. The van der Waals surface area contributed by atoms with Crippen molar-refractivity contribution < 1.29 is 19.0 Å². The lowest BCUT2D eigenvalue weighted by Gasteiger charge is -2.43. The molecule has 2 rings (SSSR count). The van der Waals surface area contributed by atoms with Gasteiger partial charge in [0.15, 0.2) is 0 Å². The fourth-order valence-corrected chi connectivity index (χ4v) is 4.30. The van der Waals surface area contributed by atoms with Crippen molar-refractivity contribution >= 4 is 5.97 Å². The van der Waals surface area contributed by atoms with Crippen molar-refractivity contribution in [2.24, 2.45) is 16.2 Å². The van der Waals surface area contributed by atoms with Crippen molar-refractivity contribution in [1.82, 2.24) is 0 Å². The summed E-state index contributed by atoms with van der Waals surface area (Å²) in [5.41, 5.74) is 1.72. The van der Waals surface area contributed by atoms with E-state index in [4.69, 9.17) is 14.2 Å². The summed E-state index contributed by atoms with van der Waals surface area (Å²) in [6.45, 7) is 16.2. The predicted molar refractivity (Wildman–Crippen MR) is 145 cm³/mol. The SMILES string of the molecule is COc1ccc(-c2ccc(OCCCCCCOC(=O)C(C)(CC(C)(C)C)C(C)(C)C)cc2)cc1. The molecule has 0 aliphatic rings. The highest BCUT2D eigenvalue weighted by molar-refractivity contribution is 5.77. The first-order valence-corrected chi connectivity index (χ1v) is 12.9. The zero-order valence-electron chi connectivity index (χ0n) is 23.2. The van der Waals surface area contributed by atoms with E-state index in [1.54, 1.807) is 7.11 Å². The molecule has 1 atom stereocenters. The molecule has 0 N–H and O–H groups in total. The first kappa shape index (κ1) is 28.7. The van der Waals surface area contributed by atoms with Crippen molar-refractivity contribution in [2.75, 3.05) is 20.3 Å². The molecule has 0 fully saturated rings. The van der Waals surface area contributed by atoms with Crippen molar-refractivity contribution in [3.63, 3.8) is 0 Å². The van der Waals surface area contributed by atoms with Gasteiger partial charge >= 0.3 is 5.97 Å². The topological polar surface area (TPSA) is 44.8 Å². The van der Waals surface area contributed by atoms with Crippen molar-refractivity contribution in [3.05, 3.63) is 48.5 Å². The lowest BCUT2D eigenvalue weighted by atomic mass is 9.61. The summed E-state index contributed by atoms with van der Waals surface area (Å²) in [6.07, 6.45) is 4.76. The number of esters is 1. The highest BCUT2D eigenvalue weighted by Gasteiger charge is 2.47. The Kier molecular flexibility index (Phi) is 10.2. The van der Waals surface area contributed by atoms with E-state index in [1.165, 1.54) is 0 Å². The van der Waals surface area contributed by atoms with E-state index in [0.717, 1.165) is 54.7 Å². The van der Waals surface area contributed by atoms with Crippen LogP contribution < -0.4 is 9.47 Å². The van der Waals surface area contributed by atoms with E-state index in [9.17, 15) is 4.79 Å². The zero-order valence-corrected chi connectivity index (χ0v) is 23.2. The number of benzene rings is 2. The minimum absolute atomic E-state index is 0.0665. The lowest BCUT2D eigenvalue weighted by Crippen LogP contribution is -2.44. The van der Waals surface area contributed by atoms with E-state index in [1.807, 2.05) is 24.3 Å². The molecular formula is C31H46O4. The van der Waals surface area contributed by atoms with Gasteiger partial charge in [-0.15, -0.1) is 0 Å². The lowest BCUT2D eigenvalue weighted by molar-refractivity contribution is -0.164. The molecule has 0 saturated heterocycles. The maximum atomic E-state index is 13.0. The van der Waals surface area contributed by atoms with Crippen LogP contribution in [0.5, 0.6) is 11.5 Å². The summed E-state index contributed by atoms with van der Waals surface area (Å²) in [6, 6.07) is 16.2. The summed E-state index contributed by atoms with van der Waals surface area (Å²) in [5.74, 6) is 1.67. The van der Waals surface area contributed by atoms with Crippen LogP contribution in [0.3, 0.4) is 0 Å². The Morgan fingerprint density at radius 3 is 1.63 bits per heavy atom. The predicted octanol–water partition coefficient (Wildman–Crippen LogP) is 8.33. The molecule has 4 heteroatoms. The van der Waals surface area contributed by atoms with Gasteiger partial charge in [0.05, 0.1) is 25.7 Å². The van der Waals surface area contributed by atoms with Gasteiger partial charge < -0.3 is 14.2 Å². The molecule has 2 aromatic carbocycles. The van der Waals surface area contributed by atoms with Crippen LogP contribution >= 0.6 is 0 Å². The van der Waals surface area contributed by atoms with Crippen LogP contribution in [-0.2, 0) is 9.53 Å². The first-order chi connectivity index (χ1) is 16.4. The summed E-state index contributed by atoms with van der Waals surface area (Å²) in [7, 11) is 1.67. The van der Waals surface area contributed by atoms with E-state index >= 15 is 0 Å². The van der Waals surface area contributed by atoms with Crippen LogP contribution in [0.25, 0.3) is 11.1 Å². The number of unbranched alkanes of at least 4 members (excludes halogenated alkanes) is 3. The van der Waals surface area contributed by atoms with Gasteiger partial charge in [-0.3, -0.25) is 4.79 Å². The maximum absolute atomic E-state index is 13.0. The Labute approximate surface area is 213 Å². The quantitative estimate of drug-likeness (QED) is 0.225. The Hall–Kier alpha value is -2.49. The van der Waals surface area contributed by atoms with E-state index in [2.05, 4.69) is 72.7 Å². The Balaban J connectivity index is 1.66. The number of rotatable bonds is 12. The van der Waals surface area contributed by atoms with Gasteiger partial charge in [-0.25, -0.2) is 0 Å². The van der Waals surface area contributed by atoms with Crippen LogP contribution in [0.2, 0.25) is 0 Å². The summed E-state index contributed by atoms with van der Waals surface area (Å²) in [4.78, 5) is 13.0. The Bertz CT molecular complexity index is 901. The monoisotopic (exact) mass is 482 g/mol. The van der Waals surface area contributed by atoms with Crippen molar-refractivity contribution in [2.45, 2.75) is 80.6 Å². The molecule has 0 spiro atoms. The Morgan fingerprint density at radius 1 is 0.686 bits per heavy atom. The number of carbonyl (C=O) groups excluding carboxylic acids is 1. The largest absolute Gasteiger partial charge is 0.497 e. The molecule has 0 amide bonds. The average molecular weight is 483 g/mol. The molecule has 2 aromatic rings. The third-order valence-electron chi connectivity index (χ3n) is 6.81. The van der Waals surface area contributed by atoms with Crippen LogP contribution in [0.4, 0.5) is 0 Å². The third-order valence-corrected chi connectivity index (χ3v) is 6.81. The number of carbonyl (C=O) groups is 1. The van der Waals surface area contributed by atoms with Crippen molar-refractivity contribution in [1.29, 1.82) is 0 Å². The second-order valence-corrected chi connectivity index (χ2v) is 12.0. The molecule has 0 heterocycles. The van der Waals surface area contributed by atoms with Crippen molar-refractivity contribution in [3.8, 4) is 22.6 Å². The van der Waals surface area contributed by atoms with Crippen LogP contribution in [0.15, 0.2) is 48.5 Å². The minimum Gasteiger partial charge on any atom is -0.497 e. The molecular weight excluding hydrogens is 436 g/mol. The van der Waals surface area contributed by atoms with Gasteiger partial charge in [0, 0.05) is 0 Å². The molecule has 4 nitrogen and oxygen atoms in total. The molecule has 1 unspecified atom stereocenters. The highest BCUT2D eigenvalue weighted by atomic mass is 16.5. The summed E-state index contributed by atoms with van der Waals surface area (Å²) in [5, 5.41) is 0.